The van der Waals surface area contributed by atoms with Gasteiger partial charge in [-0.05, 0) is 30.2 Å². The summed E-state index contributed by atoms with van der Waals surface area (Å²) in [4.78, 5) is 11.0. The Morgan fingerprint density at radius 2 is 1.90 bits per heavy atom. The fraction of sp³-hybridized carbons (Fsp3) is 0.316. The van der Waals surface area contributed by atoms with Crippen LogP contribution in [0.2, 0.25) is 0 Å². The summed E-state index contributed by atoms with van der Waals surface area (Å²) in [5.74, 6) is 1.08. The minimum atomic E-state index is 0.197. The largest absolute Gasteiger partial charge is 0.493 e. The van der Waals surface area contributed by atoms with E-state index < -0.39 is 0 Å². The van der Waals surface area contributed by atoms with Gasteiger partial charge in [0, 0.05) is 17.0 Å². The van der Waals surface area contributed by atoms with Gasteiger partial charge in [-0.3, -0.25) is 4.79 Å². The average molecular weight is 282 g/mol. The first-order valence-corrected chi connectivity index (χ1v) is 7.53. The van der Waals surface area contributed by atoms with Crippen molar-refractivity contribution >= 4 is 6.29 Å². The molecule has 1 atom stereocenters. The number of carbonyl (C=O) groups excluding carboxylic acids is 1. The second kappa shape index (κ2) is 7.63. The summed E-state index contributed by atoms with van der Waals surface area (Å²) in [5.41, 5.74) is 2.98. The van der Waals surface area contributed by atoms with Gasteiger partial charge in [-0.2, -0.15) is 0 Å². The van der Waals surface area contributed by atoms with E-state index in [9.17, 15) is 4.79 Å². The molecule has 0 heterocycles. The summed E-state index contributed by atoms with van der Waals surface area (Å²) < 4.78 is 5.90. The number of hydrogen-bond acceptors (Lipinski definition) is 2. The van der Waals surface area contributed by atoms with Crippen molar-refractivity contribution < 1.29 is 9.53 Å². The fourth-order valence-electron chi connectivity index (χ4n) is 2.36. The zero-order valence-electron chi connectivity index (χ0n) is 12.7. The molecule has 0 fully saturated rings. The van der Waals surface area contributed by atoms with Crippen LogP contribution in [0.4, 0.5) is 0 Å². The summed E-state index contributed by atoms with van der Waals surface area (Å²) in [6.07, 6.45) is 3.03. The zero-order valence-corrected chi connectivity index (χ0v) is 12.7. The quantitative estimate of drug-likeness (QED) is 0.537. The number of unbranched alkanes of at least 4 members (excludes halogenated alkanes) is 1. The molecule has 2 heteroatoms. The maximum Gasteiger partial charge on any atom is 0.150 e. The summed E-state index contributed by atoms with van der Waals surface area (Å²) in [6, 6.07) is 16.0. The smallest absolute Gasteiger partial charge is 0.150 e. The van der Waals surface area contributed by atoms with Crippen LogP contribution < -0.4 is 4.74 Å². The van der Waals surface area contributed by atoms with Crippen molar-refractivity contribution in [3.63, 3.8) is 0 Å². The molecule has 0 amide bonds. The summed E-state index contributed by atoms with van der Waals surface area (Å²) in [5, 5.41) is 0. The maximum absolute atomic E-state index is 11.0. The number of carbonyl (C=O) groups is 1. The first kappa shape index (κ1) is 15.3. The van der Waals surface area contributed by atoms with E-state index in [1.54, 1.807) is 0 Å². The van der Waals surface area contributed by atoms with E-state index in [-0.39, 0.29) is 5.92 Å². The van der Waals surface area contributed by atoms with Gasteiger partial charge in [0.25, 0.3) is 0 Å². The SMILES string of the molecule is CCCCOc1ccc(C=O)cc1[C@H](C)c1ccccc1. The molecule has 0 bridgehead atoms. The summed E-state index contributed by atoms with van der Waals surface area (Å²) in [6.45, 7) is 5.00. The van der Waals surface area contributed by atoms with Gasteiger partial charge < -0.3 is 4.74 Å². The van der Waals surface area contributed by atoms with E-state index in [0.717, 1.165) is 30.4 Å². The zero-order chi connectivity index (χ0) is 15.1. The first-order chi connectivity index (χ1) is 10.3. The number of hydrogen-bond donors (Lipinski definition) is 0. The van der Waals surface area contributed by atoms with Crippen molar-refractivity contribution in [1.29, 1.82) is 0 Å². The molecule has 0 radical (unpaired) electrons. The van der Waals surface area contributed by atoms with Crippen molar-refractivity contribution in [2.24, 2.45) is 0 Å². The van der Waals surface area contributed by atoms with Gasteiger partial charge in [0.15, 0.2) is 0 Å². The Bertz CT molecular complexity index is 575. The van der Waals surface area contributed by atoms with Crippen LogP contribution in [-0.4, -0.2) is 12.9 Å². The third-order valence-corrected chi connectivity index (χ3v) is 3.69. The lowest BCUT2D eigenvalue weighted by Gasteiger charge is -2.18. The number of aldehydes is 1. The first-order valence-electron chi connectivity index (χ1n) is 7.53. The minimum absolute atomic E-state index is 0.197. The van der Waals surface area contributed by atoms with E-state index >= 15 is 0 Å². The predicted octanol–water partition coefficient (Wildman–Crippen LogP) is 4.83. The molecule has 2 nitrogen and oxygen atoms in total. The van der Waals surface area contributed by atoms with Crippen LogP contribution in [0.3, 0.4) is 0 Å². The Hall–Kier alpha value is -2.09. The van der Waals surface area contributed by atoms with Crippen molar-refractivity contribution in [2.45, 2.75) is 32.6 Å². The fourth-order valence-corrected chi connectivity index (χ4v) is 2.36. The van der Waals surface area contributed by atoms with E-state index in [4.69, 9.17) is 4.74 Å². The average Bonchev–Trinajstić information content (AvgIpc) is 2.55. The molecular formula is C19H22O2. The van der Waals surface area contributed by atoms with Crippen molar-refractivity contribution in [3.8, 4) is 5.75 Å². The molecule has 0 aliphatic carbocycles. The van der Waals surface area contributed by atoms with Crippen LogP contribution >= 0.6 is 0 Å². The Morgan fingerprint density at radius 1 is 1.14 bits per heavy atom. The van der Waals surface area contributed by atoms with E-state index in [2.05, 4.69) is 26.0 Å². The lowest BCUT2D eigenvalue weighted by atomic mass is 9.91. The minimum Gasteiger partial charge on any atom is -0.493 e. The molecule has 0 unspecified atom stereocenters. The lowest BCUT2D eigenvalue weighted by Crippen LogP contribution is -2.04. The molecule has 0 aliphatic rings. The van der Waals surface area contributed by atoms with Gasteiger partial charge in [0.1, 0.15) is 12.0 Å². The van der Waals surface area contributed by atoms with Crippen LogP contribution in [0.25, 0.3) is 0 Å². The van der Waals surface area contributed by atoms with Gasteiger partial charge in [-0.1, -0.05) is 50.6 Å². The normalized spacial score (nSPS) is 11.9. The second-order valence-electron chi connectivity index (χ2n) is 5.25. The molecule has 2 aromatic carbocycles. The van der Waals surface area contributed by atoms with Gasteiger partial charge >= 0.3 is 0 Å². The van der Waals surface area contributed by atoms with E-state index in [1.165, 1.54) is 5.56 Å². The van der Waals surface area contributed by atoms with Gasteiger partial charge in [-0.15, -0.1) is 0 Å². The van der Waals surface area contributed by atoms with E-state index in [1.807, 2.05) is 36.4 Å². The van der Waals surface area contributed by atoms with Gasteiger partial charge in [-0.25, -0.2) is 0 Å². The Balaban J connectivity index is 2.31. The predicted molar refractivity (Wildman–Crippen MR) is 86.2 cm³/mol. The van der Waals surface area contributed by atoms with E-state index in [0.29, 0.717) is 12.2 Å². The molecule has 0 aliphatic heterocycles. The highest BCUT2D eigenvalue weighted by molar-refractivity contribution is 5.76. The van der Waals surface area contributed by atoms with Crippen molar-refractivity contribution in [3.05, 3.63) is 65.2 Å². The van der Waals surface area contributed by atoms with Crippen molar-refractivity contribution in [1.82, 2.24) is 0 Å². The number of ether oxygens (including phenoxy) is 1. The molecule has 21 heavy (non-hydrogen) atoms. The third kappa shape index (κ3) is 3.94. The molecular weight excluding hydrogens is 260 g/mol. The van der Waals surface area contributed by atoms with Gasteiger partial charge in [0.05, 0.1) is 6.61 Å². The lowest BCUT2D eigenvalue weighted by molar-refractivity contribution is 0.112. The topological polar surface area (TPSA) is 26.3 Å². The maximum atomic E-state index is 11.0. The standard InChI is InChI=1S/C19H22O2/c1-3-4-12-21-19-11-10-16(14-20)13-18(19)15(2)17-8-6-5-7-9-17/h5-11,13-15H,3-4,12H2,1-2H3/t15-/m1/s1. The van der Waals surface area contributed by atoms with Crippen LogP contribution in [0.15, 0.2) is 48.5 Å². The highest BCUT2D eigenvalue weighted by Crippen LogP contribution is 2.32. The molecule has 0 spiro atoms. The van der Waals surface area contributed by atoms with Crippen LogP contribution in [0.1, 0.15) is 54.1 Å². The third-order valence-electron chi connectivity index (χ3n) is 3.69. The molecule has 110 valence electrons. The molecule has 0 aromatic heterocycles. The second-order valence-corrected chi connectivity index (χ2v) is 5.25. The Morgan fingerprint density at radius 3 is 2.57 bits per heavy atom. The number of benzene rings is 2. The number of rotatable bonds is 7. The molecule has 2 rings (SSSR count). The summed E-state index contributed by atoms with van der Waals surface area (Å²) in [7, 11) is 0. The van der Waals surface area contributed by atoms with Gasteiger partial charge in [0.2, 0.25) is 0 Å². The molecule has 0 saturated heterocycles. The van der Waals surface area contributed by atoms with Crippen LogP contribution in [0, 0.1) is 0 Å². The molecule has 0 N–H and O–H groups in total. The Kier molecular flexibility index (Phi) is 5.56. The van der Waals surface area contributed by atoms with Crippen LogP contribution in [-0.2, 0) is 0 Å². The Labute approximate surface area is 126 Å². The summed E-state index contributed by atoms with van der Waals surface area (Å²) >= 11 is 0. The monoisotopic (exact) mass is 282 g/mol. The molecule has 0 saturated carbocycles. The molecule has 2 aromatic rings. The van der Waals surface area contributed by atoms with Crippen molar-refractivity contribution in [2.75, 3.05) is 6.61 Å². The highest BCUT2D eigenvalue weighted by atomic mass is 16.5. The highest BCUT2D eigenvalue weighted by Gasteiger charge is 2.14. The van der Waals surface area contributed by atoms with Crippen LogP contribution in [0.5, 0.6) is 5.75 Å².